The second-order valence-corrected chi connectivity index (χ2v) is 26.4. The summed E-state index contributed by atoms with van der Waals surface area (Å²) in [4.78, 5) is 64.5. The van der Waals surface area contributed by atoms with E-state index in [9.17, 15) is 55.4 Å². The first kappa shape index (κ1) is 64.4. The molecule has 0 spiro atoms. The monoisotopic (exact) mass is 1280 g/mol. The Bertz CT molecular complexity index is 4070. The summed E-state index contributed by atoms with van der Waals surface area (Å²) in [7, 11) is -4.21. The van der Waals surface area contributed by atoms with Crippen LogP contribution in [-0.4, -0.2) is 111 Å². The number of nitrogens with one attached hydrogen (secondary N) is 1. The van der Waals surface area contributed by atoms with Gasteiger partial charge in [0.05, 0.1) is 56.9 Å². The van der Waals surface area contributed by atoms with Crippen molar-refractivity contribution in [2.45, 2.75) is 127 Å². The number of cyclic esters (lactones) is 1. The number of nitrogens with zero attached hydrogens (tertiary/aromatic N) is 6. The van der Waals surface area contributed by atoms with Gasteiger partial charge >= 0.3 is 18.2 Å². The van der Waals surface area contributed by atoms with E-state index in [0.29, 0.717) is 66.4 Å². The number of rotatable bonds is 11. The number of nitriles is 1. The Morgan fingerprint density at radius 3 is 2.35 bits per heavy atom. The fraction of sp³-hybridized carbons (Fsp3) is 0.385. The Morgan fingerprint density at radius 2 is 1.66 bits per heavy atom. The van der Waals surface area contributed by atoms with E-state index in [4.69, 9.17) is 31.3 Å². The van der Waals surface area contributed by atoms with E-state index in [0.717, 1.165) is 103 Å². The Balaban J connectivity index is 0.000000163. The normalized spacial score (nSPS) is 18.3. The van der Waals surface area contributed by atoms with Crippen LogP contribution in [0.2, 0.25) is 5.02 Å². The van der Waals surface area contributed by atoms with Crippen LogP contribution in [0.4, 0.5) is 28.0 Å². The average molecular weight is 1280 g/mol. The number of carbonyl (C=O) groups excluding carboxylic acids is 3. The molecule has 24 heteroatoms. The van der Waals surface area contributed by atoms with Gasteiger partial charge in [-0.15, -0.1) is 11.3 Å². The third-order valence-electron chi connectivity index (χ3n) is 17.0. The first-order valence-electron chi connectivity index (χ1n) is 29.4. The lowest BCUT2D eigenvalue weighted by Crippen LogP contribution is -2.48. The first-order chi connectivity index (χ1) is 42.4. The van der Waals surface area contributed by atoms with Crippen molar-refractivity contribution in [2.75, 3.05) is 43.8 Å². The van der Waals surface area contributed by atoms with Gasteiger partial charge in [-0.25, -0.2) is 27.4 Å². The van der Waals surface area contributed by atoms with Crippen LogP contribution >= 0.6 is 22.9 Å². The molecule has 7 aromatic rings. The number of hydrogen-bond acceptors (Lipinski definition) is 15. The number of carbonyl (C=O) groups is 3. The molecule has 2 fully saturated rings. The number of aryl methyl sites for hydroxylation is 1. The van der Waals surface area contributed by atoms with Gasteiger partial charge < -0.3 is 39.4 Å². The zero-order valence-corrected chi connectivity index (χ0v) is 51.6. The van der Waals surface area contributed by atoms with Crippen LogP contribution in [0.1, 0.15) is 109 Å². The number of anilines is 1. The number of sulfone groups is 1. The molecule has 3 aromatic heterocycles. The van der Waals surface area contributed by atoms with Crippen LogP contribution in [0.25, 0.3) is 22.3 Å². The number of aliphatic hydroxyl groups is 2. The Kier molecular flexibility index (Phi) is 19.2. The molecule has 5 aliphatic rings. The molecule has 5 aliphatic heterocycles. The number of thiophene rings is 1. The molecule has 0 saturated carbocycles. The zero-order chi connectivity index (χ0) is 63.6. The van der Waals surface area contributed by atoms with Gasteiger partial charge in [0.15, 0.2) is 21.0 Å². The molecule has 12 rings (SSSR count). The van der Waals surface area contributed by atoms with Crippen LogP contribution < -0.4 is 15.6 Å². The fourth-order valence-electron chi connectivity index (χ4n) is 12.2. The molecule has 1 unspecified atom stereocenters. The summed E-state index contributed by atoms with van der Waals surface area (Å²) in [5, 5.41) is 36.2. The summed E-state index contributed by atoms with van der Waals surface area (Å²) >= 11 is 8.08. The van der Waals surface area contributed by atoms with Crippen molar-refractivity contribution >= 4 is 67.3 Å². The van der Waals surface area contributed by atoms with E-state index >= 15 is 0 Å². The van der Waals surface area contributed by atoms with Gasteiger partial charge in [-0.05, 0) is 166 Å². The lowest BCUT2D eigenvalue weighted by Gasteiger charge is -2.39. The third kappa shape index (κ3) is 13.9. The van der Waals surface area contributed by atoms with E-state index in [-0.39, 0.29) is 35.3 Å². The second kappa shape index (κ2) is 26.5. The summed E-state index contributed by atoms with van der Waals surface area (Å²) in [5.74, 6) is -3.33. The molecule has 0 radical (unpaired) electrons. The number of likely N-dealkylation sites (tertiary alicyclic amines) is 2. The number of amides is 2. The third-order valence-corrected chi connectivity index (χ3v) is 20.4. The lowest BCUT2D eigenvalue weighted by atomic mass is 9.86. The molecule has 0 aliphatic carbocycles. The molecular weight excluding hydrogens is 1210 g/mol. The maximum absolute atomic E-state index is 13.6. The van der Waals surface area contributed by atoms with Crippen molar-refractivity contribution in [1.82, 2.24) is 24.3 Å². The molecule has 468 valence electrons. The molecule has 2 saturated heterocycles. The van der Waals surface area contributed by atoms with E-state index in [2.05, 4.69) is 40.3 Å². The highest BCUT2D eigenvalue weighted by Crippen LogP contribution is 2.42. The molecule has 0 bridgehead atoms. The lowest BCUT2D eigenvalue weighted by molar-refractivity contribution is -0.172. The maximum atomic E-state index is 13.6. The number of ether oxygens (including phenoxy) is 2. The van der Waals surface area contributed by atoms with E-state index in [1.165, 1.54) is 56.0 Å². The quantitative estimate of drug-likeness (QED) is 0.0622. The van der Waals surface area contributed by atoms with Gasteiger partial charge in [-0.1, -0.05) is 50.1 Å². The minimum absolute atomic E-state index is 0.0951. The minimum atomic E-state index is -4.86. The molecule has 8 heterocycles. The number of esters is 1. The highest BCUT2D eigenvalue weighted by atomic mass is 35.5. The van der Waals surface area contributed by atoms with E-state index in [1.807, 2.05) is 45.8 Å². The largest absolute Gasteiger partial charge is 0.458 e. The van der Waals surface area contributed by atoms with Gasteiger partial charge in [-0.2, -0.15) is 18.4 Å². The van der Waals surface area contributed by atoms with Gasteiger partial charge in [-0.3, -0.25) is 14.5 Å². The standard InChI is InChI=1S/C33H38N4O6.C18H14F4N2O4S.C14H14ClNS/c1-3-22-23-16-21(43-32(40)36-14-10-20(11-15-36)35-12-6-5-7-13-35)8-9-27(23)34-29-24(22)18-37-28(29)17-26-25(30(37)38)19-42-31(39)33(26,41)4-2;1-17(26,10-29(27,28)14-6-3-12(19)4-7-14)16(25)24-13-5-2-11(9-23)15(8-13)18(20,21)22;15-13-4-2-1-3-11(13)9-16-7-5-14-12(10-16)6-8-17-14/h8-9,16-17,20,41H,3-7,10-15,18-19H2,1-2H3;2-8,26H,10H2,1H3,(H,24,25);1-4,6,8H,5,7,9-10H2/t33-;;/m0../s1. The summed E-state index contributed by atoms with van der Waals surface area (Å²) < 4.78 is 89.4. The summed E-state index contributed by atoms with van der Waals surface area (Å²) in [5.41, 5.74) is 0.245. The number of pyridine rings is 2. The van der Waals surface area contributed by atoms with E-state index < -0.39 is 61.8 Å². The Hall–Kier alpha value is -7.56. The molecule has 2 atom stereocenters. The van der Waals surface area contributed by atoms with E-state index in [1.54, 1.807) is 28.5 Å². The average Bonchev–Trinajstić information content (AvgIpc) is 1.65. The topological polar surface area (TPSA) is 225 Å². The number of fused-ring (bicyclic) bond motifs is 6. The fourth-order valence-corrected chi connectivity index (χ4v) is 14.8. The van der Waals surface area contributed by atoms with Crippen LogP contribution in [-0.2, 0) is 75.0 Å². The van der Waals surface area contributed by atoms with Crippen molar-refractivity contribution in [3.63, 3.8) is 0 Å². The summed E-state index contributed by atoms with van der Waals surface area (Å²) in [6, 6.07) is 25.5. The van der Waals surface area contributed by atoms with Crippen molar-refractivity contribution in [3.8, 4) is 23.2 Å². The van der Waals surface area contributed by atoms with Crippen LogP contribution in [0.3, 0.4) is 0 Å². The number of aromatic nitrogens is 2. The van der Waals surface area contributed by atoms with Crippen LogP contribution in [0.15, 0.2) is 112 Å². The predicted octanol–water partition coefficient (Wildman–Crippen LogP) is 10.9. The second-order valence-electron chi connectivity index (χ2n) is 23.0. The highest BCUT2D eigenvalue weighted by molar-refractivity contribution is 7.91. The molecule has 4 aromatic carbocycles. The van der Waals surface area contributed by atoms with Crippen molar-refractivity contribution < 1.29 is 60.0 Å². The number of piperidine rings is 2. The van der Waals surface area contributed by atoms with Gasteiger partial charge in [0.25, 0.3) is 11.5 Å². The SMILES string of the molecule is CC(O)(CS(=O)(=O)c1ccc(F)cc1)C(=O)Nc1ccc(C#N)c(C(F)(F)F)c1.CCc1c2c(nc3ccc(OC(=O)N4CCC(N5CCCCC5)CC4)cc13)-c1cc3c(c(=O)n1C2)COC(=O)[C@]3(O)CC.Clc1ccccc1CN1CCc2sccc2C1. The predicted molar refractivity (Wildman–Crippen MR) is 327 cm³/mol. The molecular formula is C65H66ClF4N7O10S2. The molecule has 3 N–H and O–H groups in total. The minimum Gasteiger partial charge on any atom is -0.458 e. The van der Waals surface area contributed by atoms with Gasteiger partial charge in [0.2, 0.25) is 0 Å². The number of alkyl halides is 3. The van der Waals surface area contributed by atoms with Crippen LogP contribution in [0, 0.1) is 17.1 Å². The molecule has 17 nitrogen and oxygen atoms in total. The number of halogens is 5. The number of hydrogen-bond donors (Lipinski definition) is 3. The zero-order valence-electron chi connectivity index (χ0n) is 49.2. The summed E-state index contributed by atoms with van der Waals surface area (Å²) in [6.45, 7) is 11.7. The van der Waals surface area contributed by atoms with Gasteiger partial charge in [0.1, 0.15) is 18.2 Å². The Morgan fingerprint density at radius 1 is 0.933 bits per heavy atom. The van der Waals surface area contributed by atoms with Gasteiger partial charge in [0, 0.05) is 70.9 Å². The molecule has 89 heavy (non-hydrogen) atoms. The van der Waals surface area contributed by atoms with Crippen molar-refractivity contribution in [2.24, 2.45) is 0 Å². The van der Waals surface area contributed by atoms with Crippen LogP contribution in [0.5, 0.6) is 5.75 Å². The number of benzene rings is 4. The Labute approximate surface area is 521 Å². The smallest absolute Gasteiger partial charge is 0.417 e. The maximum Gasteiger partial charge on any atom is 0.417 e. The highest BCUT2D eigenvalue weighted by Gasteiger charge is 2.46. The molecule has 2 amide bonds. The van der Waals surface area contributed by atoms with Crippen molar-refractivity contribution in [3.05, 3.63) is 173 Å². The van der Waals surface area contributed by atoms with Crippen molar-refractivity contribution in [1.29, 1.82) is 5.26 Å². The summed E-state index contributed by atoms with van der Waals surface area (Å²) in [6.07, 6.45) is 2.58. The first-order valence-corrected chi connectivity index (χ1v) is 32.3.